The van der Waals surface area contributed by atoms with Gasteiger partial charge in [0.2, 0.25) is 82.7 Å². The number of hydrazine groups is 1. The molecule has 4 aliphatic heterocycles. The summed E-state index contributed by atoms with van der Waals surface area (Å²) < 4.78 is 23.8. The van der Waals surface area contributed by atoms with Gasteiger partial charge in [0.1, 0.15) is 66.5 Å². The first-order valence-electron chi connectivity index (χ1n) is 47.7. The van der Waals surface area contributed by atoms with Crippen LogP contribution >= 0.6 is 23.5 Å². The monoisotopic (exact) mass is 2020 g/mol. The van der Waals surface area contributed by atoms with Crippen LogP contribution < -0.4 is 92.2 Å². The van der Waals surface area contributed by atoms with Crippen LogP contribution in [0.3, 0.4) is 0 Å². The molecule has 0 saturated carbocycles. The summed E-state index contributed by atoms with van der Waals surface area (Å²) in [5, 5.41) is 62.8. The number of primary amides is 2. The smallest absolute Gasteiger partial charge is 0.337 e. The van der Waals surface area contributed by atoms with Crippen molar-refractivity contribution in [1.82, 2.24) is 98.9 Å². The first-order valence-corrected chi connectivity index (χ1v) is 50.0. The van der Waals surface area contributed by atoms with Crippen molar-refractivity contribution in [3.05, 3.63) is 72.1 Å². The summed E-state index contributed by atoms with van der Waals surface area (Å²) in [5.74, 6) is -18.8. The highest BCUT2D eigenvalue weighted by atomic mass is 32.2. The molecule has 47 nitrogen and oxygen atoms in total. The van der Waals surface area contributed by atoms with E-state index in [4.69, 9.17) is 47.3 Å². The highest BCUT2D eigenvalue weighted by Gasteiger charge is 2.43. The molecular formula is C92H144N24O23S2. The van der Waals surface area contributed by atoms with Gasteiger partial charge in [-0.15, -0.1) is 23.5 Å². The molecule has 2 aromatic carbocycles. The number of carboxylic acids is 1. The number of rotatable bonds is 33. The van der Waals surface area contributed by atoms with Gasteiger partial charge in [-0.1, -0.05) is 98.2 Å². The van der Waals surface area contributed by atoms with E-state index < -0.39 is 222 Å². The first-order chi connectivity index (χ1) is 67.2. The quantitative estimate of drug-likeness (QED) is 0.00975. The maximum Gasteiger partial charge on any atom is 0.337 e. The number of aliphatic carboxylic acids is 1. The van der Waals surface area contributed by atoms with Crippen LogP contribution in [0.25, 0.3) is 21.8 Å². The fraction of sp³-hybridized carbons (Fsp3) is 0.630. The van der Waals surface area contributed by atoms with E-state index in [0.29, 0.717) is 16.5 Å². The third-order valence-corrected chi connectivity index (χ3v) is 25.7. The number of ether oxygens (including phenoxy) is 4. The minimum absolute atomic E-state index is 0.00198. The molecule has 4 fully saturated rings. The average molecular weight is 2020 g/mol. The molecule has 0 aliphatic carbocycles. The van der Waals surface area contributed by atoms with E-state index in [1.165, 1.54) is 16.7 Å². The lowest BCUT2D eigenvalue weighted by atomic mass is 9.97. The second kappa shape index (κ2) is 59.7. The number of thioether (sulfide) groups is 2. The van der Waals surface area contributed by atoms with E-state index in [0.717, 1.165) is 49.9 Å². The van der Waals surface area contributed by atoms with Gasteiger partial charge >= 0.3 is 12.0 Å². The fourth-order valence-corrected chi connectivity index (χ4v) is 17.5. The Balaban J connectivity index is 1.26. The lowest BCUT2D eigenvalue weighted by Gasteiger charge is -2.32. The Bertz CT molecular complexity index is 4850. The largest absolute Gasteiger partial charge is 0.480 e. The van der Waals surface area contributed by atoms with Crippen molar-refractivity contribution in [2.45, 2.75) is 218 Å². The van der Waals surface area contributed by atoms with Crippen molar-refractivity contribution in [3.8, 4) is 0 Å². The maximum absolute atomic E-state index is 15.3. The van der Waals surface area contributed by atoms with Gasteiger partial charge in [0.05, 0.1) is 89.3 Å². The van der Waals surface area contributed by atoms with E-state index in [-0.39, 0.29) is 192 Å². The van der Waals surface area contributed by atoms with Crippen molar-refractivity contribution in [2.75, 3.05) is 128 Å². The van der Waals surface area contributed by atoms with Gasteiger partial charge < -0.3 is 141 Å². The SMILES string of the molecule is CC[C@H](C)[C@@H]1NC(=O)C(CO)NC(=O)[C@H](CC(C)C)NC(=O)[C@H](Cc2c[nH]c3ccccc23)NC(=O)[C@@H]2CCCN2C(=O)C(CC(N)=O)NC(=O)C(CC(C)C)NC(=O)N(NC(=O)[C@H](NC(=O)[C@H](Cc2c[nH]c3ccccc23)NC[C@@H](N)CCC(N)=O)C(C)C)CSCC(=O)N2CCOCCOCCN(CCOCCOCC2)C(=O)CSC[C@@H](C(=O)N[C@@H](CCCNC(=N)N)C(=O)N[C@@H](C)C(=O)O)NC1=O. The van der Waals surface area contributed by atoms with Crippen molar-refractivity contribution in [2.24, 2.45) is 46.6 Å². The molecule has 4 aromatic rings. The number of carbonyl (C=O) groups excluding carboxylic acids is 16. The van der Waals surface area contributed by atoms with Gasteiger partial charge in [-0.2, -0.15) is 0 Å². The van der Waals surface area contributed by atoms with Crippen molar-refractivity contribution in [3.63, 3.8) is 0 Å². The molecule has 26 N–H and O–H groups in total. The number of aromatic amines is 2. The molecule has 8 rings (SSSR count). The molecule has 782 valence electrons. The normalized spacial score (nSPS) is 22.1. The summed E-state index contributed by atoms with van der Waals surface area (Å²) in [6, 6.07) is -5.66. The molecule has 6 heterocycles. The number of hydrogen-bond donors (Lipinski definition) is 22. The number of guanidine groups is 1. The molecule has 14 atom stereocenters. The first kappa shape index (κ1) is 116. The second-order valence-electron chi connectivity index (χ2n) is 36.3. The zero-order valence-electron chi connectivity index (χ0n) is 81.6. The summed E-state index contributed by atoms with van der Waals surface area (Å²) in [5.41, 5.74) is 28.5. The third-order valence-electron chi connectivity index (χ3n) is 23.8. The number of hydrogen-bond acceptors (Lipinski definition) is 27. The zero-order chi connectivity index (χ0) is 104. The Kier molecular flexibility index (Phi) is 49.1. The van der Waals surface area contributed by atoms with Crippen molar-refractivity contribution >= 4 is 152 Å². The Morgan fingerprint density at radius 1 is 0.574 bits per heavy atom. The van der Waals surface area contributed by atoms with Gasteiger partial charge in [-0.3, -0.25) is 87.5 Å². The minimum atomic E-state index is -1.85. The number of carbonyl (C=O) groups is 17. The lowest BCUT2D eigenvalue weighted by molar-refractivity contribution is -0.143. The standard InChI is InChI=1S/C92H144N24O23S2/c1-10-55(8)78-87(130)108-71(85(128)103-64(21-15-25-98-91(96)97)79(122)102-56(9)90(133)134)48-140-49-75(120)113-27-31-136-35-37-138-33-29-114(30-34-139-38-36-137-32-28-113)76(121)50-141-51-116(112-88(131)77(54(6)7)110-80(123)65(101-46-59(93)23-24-73(94)118)41-57-44-99-62-19-13-11-17-60(57)62)92(135)109-67(40-53(4)5)82(125)106-69(43-74(95)119)89(132)115-26-16-22-72(115)86(129)105-68(42-58-45-100-63-20-14-12-18-61(58)63)83(126)104-66(39-52(2)3)81(124)107-70(47-117)84(127)111-78/h11-14,17-20,44-45,52-56,59,64-72,77-78,99-101,117H,10,15-16,21-43,46-51,93H2,1-9H3,(H2,94,118)(H2,95,119)(H,102,122)(H,103,128)(H,104,126)(H,105,129)(H,106,125)(H,107,124)(H,108,130)(H,109,135)(H,110,123)(H,111,127)(H,112,131)(H,133,134)(H4,96,97,98)/t55-,56-,59-,64-,65-,66-,67?,68-,69?,70?,71-,72-,77+,78-/m0/s1. The number of carboxylic acid groups (broad SMARTS) is 1. The minimum Gasteiger partial charge on any atom is -0.480 e. The fourth-order valence-electron chi connectivity index (χ4n) is 15.8. The van der Waals surface area contributed by atoms with E-state index in [1.54, 1.807) is 92.0 Å². The third kappa shape index (κ3) is 38.8. The number of nitrogens with zero attached hydrogens (tertiary/aromatic N) is 4. The number of para-hydroxylation sites is 2. The van der Waals surface area contributed by atoms with Crippen LogP contribution in [0.15, 0.2) is 60.9 Å². The summed E-state index contributed by atoms with van der Waals surface area (Å²) in [6.07, 6.45) is 2.47. The molecule has 141 heavy (non-hydrogen) atoms. The average Bonchev–Trinajstić information content (AvgIpc) is 1.77. The highest BCUT2D eigenvalue weighted by Crippen LogP contribution is 2.26. The van der Waals surface area contributed by atoms with Crippen LogP contribution in [0.5, 0.6) is 0 Å². The molecule has 3 unspecified atom stereocenters. The summed E-state index contributed by atoms with van der Waals surface area (Å²) in [6.45, 7) is 13.4. The lowest BCUT2D eigenvalue weighted by Crippen LogP contribution is -2.62. The van der Waals surface area contributed by atoms with Gasteiger partial charge in [0.25, 0.3) is 5.91 Å². The molecule has 4 saturated heterocycles. The van der Waals surface area contributed by atoms with Gasteiger partial charge in [-0.25, -0.2) is 9.80 Å². The molecule has 49 heteroatoms. The summed E-state index contributed by atoms with van der Waals surface area (Å²) >= 11 is 1.76. The van der Waals surface area contributed by atoms with Crippen LogP contribution in [0.1, 0.15) is 138 Å². The molecule has 0 spiro atoms. The van der Waals surface area contributed by atoms with E-state index in [1.807, 2.05) is 24.3 Å². The maximum atomic E-state index is 15.3. The van der Waals surface area contributed by atoms with Gasteiger partial charge in [0.15, 0.2) is 5.96 Å². The Hall–Kier alpha value is -12.0. The Morgan fingerprint density at radius 2 is 1.10 bits per heavy atom. The molecule has 4 aliphatic rings. The number of fused-ring (bicyclic) bond motifs is 45. The molecular weight excluding hydrogens is 1870 g/mol. The number of aliphatic hydroxyl groups excluding tert-OH is 1. The zero-order valence-corrected chi connectivity index (χ0v) is 83.2. The predicted molar refractivity (Wildman–Crippen MR) is 524 cm³/mol. The highest BCUT2D eigenvalue weighted by molar-refractivity contribution is 8.00. The van der Waals surface area contributed by atoms with Crippen LogP contribution in [0.2, 0.25) is 0 Å². The van der Waals surface area contributed by atoms with E-state index >= 15 is 28.8 Å². The number of nitrogens with one attached hydrogen (secondary N) is 16. The molecule has 2 aromatic heterocycles. The predicted octanol–water partition coefficient (Wildman–Crippen LogP) is -3.04. The molecule has 17 amide bonds. The van der Waals surface area contributed by atoms with Crippen molar-refractivity contribution < 1.29 is 111 Å². The van der Waals surface area contributed by atoms with Crippen LogP contribution in [-0.4, -0.2) is 353 Å². The molecule has 0 radical (unpaired) electrons. The van der Waals surface area contributed by atoms with Crippen LogP contribution in [0.4, 0.5) is 4.79 Å². The number of nitrogens with two attached hydrogens (primary N) is 4. The van der Waals surface area contributed by atoms with Crippen LogP contribution in [0, 0.1) is 29.1 Å². The number of benzene rings is 2. The Labute approximate surface area is 827 Å². The Morgan fingerprint density at radius 3 is 1.65 bits per heavy atom. The second-order valence-corrected chi connectivity index (χ2v) is 38.3. The van der Waals surface area contributed by atoms with Crippen LogP contribution in [-0.2, 0) is 109 Å². The number of aromatic nitrogens is 2. The number of urea groups is 1. The van der Waals surface area contributed by atoms with Gasteiger partial charge in [0, 0.05) is 105 Å². The summed E-state index contributed by atoms with van der Waals surface area (Å²) in [7, 11) is 0. The summed E-state index contributed by atoms with van der Waals surface area (Å²) in [4.78, 5) is 256. The van der Waals surface area contributed by atoms with E-state index in [2.05, 4.69) is 79.2 Å². The van der Waals surface area contributed by atoms with Gasteiger partial charge in [-0.05, 0) is 105 Å². The van der Waals surface area contributed by atoms with Crippen molar-refractivity contribution in [1.29, 1.82) is 5.41 Å². The molecule has 2 bridgehead atoms. The number of amides is 17. The number of H-pyrrole nitrogens is 2. The van der Waals surface area contributed by atoms with E-state index in [9.17, 15) is 63.0 Å². The number of aliphatic hydroxyl groups is 1. The topological polar surface area (TPSA) is 696 Å².